The largest absolute Gasteiger partial charge is 0.457 e. The fourth-order valence-electron chi connectivity index (χ4n) is 1.87. The Morgan fingerprint density at radius 3 is 2.18 bits per heavy atom. The molecule has 0 aromatic rings. The molecule has 0 heterocycles. The van der Waals surface area contributed by atoms with Crippen molar-refractivity contribution in [1.29, 1.82) is 0 Å². The molecule has 2 nitrogen and oxygen atoms in total. The molecular formula is C15H28O2. The molecule has 0 aliphatic rings. The molecule has 0 aliphatic carbocycles. The third-order valence-electron chi connectivity index (χ3n) is 2.93. The summed E-state index contributed by atoms with van der Waals surface area (Å²) in [5, 5.41) is 0. The van der Waals surface area contributed by atoms with Crippen molar-refractivity contribution in [1.82, 2.24) is 0 Å². The van der Waals surface area contributed by atoms with Crippen molar-refractivity contribution >= 4 is 5.97 Å². The van der Waals surface area contributed by atoms with Crippen LogP contribution >= 0.6 is 0 Å². The normalized spacial score (nSPS) is 11.2. The number of esters is 1. The van der Waals surface area contributed by atoms with E-state index in [1.807, 2.05) is 13.8 Å². The highest BCUT2D eigenvalue weighted by molar-refractivity contribution is 5.81. The van der Waals surface area contributed by atoms with E-state index in [4.69, 9.17) is 4.74 Å². The van der Waals surface area contributed by atoms with Crippen molar-refractivity contribution < 1.29 is 9.53 Å². The predicted octanol–water partition coefficient (Wildman–Crippen LogP) is 4.63. The lowest BCUT2D eigenvalue weighted by Gasteiger charge is -2.24. The molecule has 100 valence electrons. The summed E-state index contributed by atoms with van der Waals surface area (Å²) < 4.78 is 5.28. The van der Waals surface area contributed by atoms with Crippen LogP contribution in [0.25, 0.3) is 0 Å². The molecule has 0 N–H and O–H groups in total. The van der Waals surface area contributed by atoms with Gasteiger partial charge in [0.15, 0.2) is 0 Å². The predicted molar refractivity (Wildman–Crippen MR) is 73.0 cm³/mol. The zero-order chi connectivity index (χ0) is 13.1. The van der Waals surface area contributed by atoms with Gasteiger partial charge >= 0.3 is 5.97 Å². The van der Waals surface area contributed by atoms with Gasteiger partial charge < -0.3 is 4.74 Å². The Morgan fingerprint density at radius 2 is 1.65 bits per heavy atom. The standard InChI is InChI=1S/C15H28O2/c1-5-7-8-9-10-11-12-13-15(3,4)17-14(16)6-2/h6H,2,5,7-13H2,1,3-4H3. The zero-order valence-electron chi connectivity index (χ0n) is 11.8. The van der Waals surface area contributed by atoms with E-state index in [1.165, 1.54) is 44.6 Å². The van der Waals surface area contributed by atoms with Crippen LogP contribution in [-0.4, -0.2) is 11.6 Å². The monoisotopic (exact) mass is 240 g/mol. The van der Waals surface area contributed by atoms with Crippen LogP contribution in [0.5, 0.6) is 0 Å². The zero-order valence-corrected chi connectivity index (χ0v) is 11.8. The van der Waals surface area contributed by atoms with Crippen molar-refractivity contribution in [2.45, 2.75) is 77.7 Å². The Morgan fingerprint density at radius 1 is 1.12 bits per heavy atom. The van der Waals surface area contributed by atoms with Crippen LogP contribution in [0.15, 0.2) is 12.7 Å². The van der Waals surface area contributed by atoms with Crippen molar-refractivity contribution in [3.05, 3.63) is 12.7 Å². The number of carbonyl (C=O) groups excluding carboxylic acids is 1. The van der Waals surface area contributed by atoms with Crippen LogP contribution in [0.4, 0.5) is 0 Å². The lowest BCUT2D eigenvalue weighted by Crippen LogP contribution is -2.27. The van der Waals surface area contributed by atoms with E-state index in [1.54, 1.807) is 0 Å². The smallest absolute Gasteiger partial charge is 0.330 e. The summed E-state index contributed by atoms with van der Waals surface area (Å²) >= 11 is 0. The van der Waals surface area contributed by atoms with Crippen LogP contribution < -0.4 is 0 Å². The number of rotatable bonds is 10. The van der Waals surface area contributed by atoms with Crippen LogP contribution in [0.1, 0.15) is 72.1 Å². The molecule has 0 saturated carbocycles. The van der Waals surface area contributed by atoms with E-state index < -0.39 is 0 Å². The molecule has 0 fully saturated rings. The van der Waals surface area contributed by atoms with E-state index in [9.17, 15) is 4.79 Å². The Labute approximate surface area is 106 Å². The quantitative estimate of drug-likeness (QED) is 0.316. The number of ether oxygens (including phenoxy) is 1. The Balaban J connectivity index is 3.51. The van der Waals surface area contributed by atoms with E-state index in [2.05, 4.69) is 13.5 Å². The highest BCUT2D eigenvalue weighted by Gasteiger charge is 2.20. The van der Waals surface area contributed by atoms with Gasteiger partial charge in [-0.2, -0.15) is 0 Å². The van der Waals surface area contributed by atoms with E-state index in [-0.39, 0.29) is 11.6 Å². The molecule has 0 rings (SSSR count). The van der Waals surface area contributed by atoms with Crippen molar-refractivity contribution in [2.75, 3.05) is 0 Å². The maximum absolute atomic E-state index is 11.1. The summed E-state index contributed by atoms with van der Waals surface area (Å²) in [6.07, 6.45) is 11.2. The summed E-state index contributed by atoms with van der Waals surface area (Å²) in [6.45, 7) is 9.57. The molecular weight excluding hydrogens is 212 g/mol. The van der Waals surface area contributed by atoms with Gasteiger partial charge in [0.05, 0.1) is 0 Å². The molecule has 17 heavy (non-hydrogen) atoms. The average molecular weight is 240 g/mol. The Kier molecular flexibility index (Phi) is 8.83. The van der Waals surface area contributed by atoms with Gasteiger partial charge in [0.25, 0.3) is 0 Å². The maximum Gasteiger partial charge on any atom is 0.330 e. The number of carbonyl (C=O) groups is 1. The molecule has 2 heteroatoms. The SMILES string of the molecule is C=CC(=O)OC(C)(C)CCCCCCCCC. The molecule has 0 bridgehead atoms. The van der Waals surface area contributed by atoms with Gasteiger partial charge in [-0.05, 0) is 26.7 Å². The summed E-state index contributed by atoms with van der Waals surface area (Å²) in [7, 11) is 0. The average Bonchev–Trinajstić information content (AvgIpc) is 2.27. The van der Waals surface area contributed by atoms with Gasteiger partial charge in [-0.3, -0.25) is 0 Å². The van der Waals surface area contributed by atoms with Gasteiger partial charge in [0.1, 0.15) is 5.60 Å². The number of unbranched alkanes of at least 4 members (excludes halogenated alkanes) is 6. The molecule has 0 amide bonds. The fourth-order valence-corrected chi connectivity index (χ4v) is 1.87. The minimum atomic E-state index is -0.352. The molecule has 0 unspecified atom stereocenters. The summed E-state index contributed by atoms with van der Waals surface area (Å²) in [4.78, 5) is 11.1. The lowest BCUT2D eigenvalue weighted by atomic mass is 9.99. The van der Waals surface area contributed by atoms with Crippen molar-refractivity contribution in [3.8, 4) is 0 Å². The molecule has 0 aromatic heterocycles. The molecule has 0 aliphatic heterocycles. The second-order valence-electron chi connectivity index (χ2n) is 5.26. The highest BCUT2D eigenvalue weighted by atomic mass is 16.6. The number of hydrogen-bond acceptors (Lipinski definition) is 2. The van der Waals surface area contributed by atoms with E-state index in [0.717, 1.165) is 12.8 Å². The highest BCUT2D eigenvalue weighted by Crippen LogP contribution is 2.19. The van der Waals surface area contributed by atoms with Gasteiger partial charge in [0, 0.05) is 6.08 Å². The first-order valence-corrected chi connectivity index (χ1v) is 6.87. The molecule has 0 aromatic carbocycles. The van der Waals surface area contributed by atoms with Gasteiger partial charge in [-0.15, -0.1) is 0 Å². The summed E-state index contributed by atoms with van der Waals surface area (Å²) in [6, 6.07) is 0. The minimum Gasteiger partial charge on any atom is -0.457 e. The minimum absolute atomic E-state index is 0.321. The van der Waals surface area contributed by atoms with Crippen LogP contribution in [0, 0.1) is 0 Å². The molecule has 0 atom stereocenters. The Bertz CT molecular complexity index is 219. The third-order valence-corrected chi connectivity index (χ3v) is 2.93. The Hall–Kier alpha value is -0.790. The second kappa shape index (κ2) is 9.26. The van der Waals surface area contributed by atoms with Gasteiger partial charge in [0.2, 0.25) is 0 Å². The third kappa shape index (κ3) is 10.1. The first-order valence-electron chi connectivity index (χ1n) is 6.87. The molecule has 0 radical (unpaired) electrons. The molecule has 0 spiro atoms. The van der Waals surface area contributed by atoms with Crippen LogP contribution in [-0.2, 0) is 9.53 Å². The maximum atomic E-state index is 11.1. The summed E-state index contributed by atoms with van der Waals surface area (Å²) in [5.74, 6) is -0.321. The molecule has 0 saturated heterocycles. The van der Waals surface area contributed by atoms with Crippen molar-refractivity contribution in [2.24, 2.45) is 0 Å². The van der Waals surface area contributed by atoms with Crippen molar-refractivity contribution in [3.63, 3.8) is 0 Å². The first kappa shape index (κ1) is 16.2. The van der Waals surface area contributed by atoms with Gasteiger partial charge in [-0.1, -0.05) is 52.0 Å². The van der Waals surface area contributed by atoms with E-state index in [0.29, 0.717) is 0 Å². The first-order chi connectivity index (χ1) is 8.02. The van der Waals surface area contributed by atoms with Crippen LogP contribution in [0.3, 0.4) is 0 Å². The second-order valence-corrected chi connectivity index (χ2v) is 5.26. The number of hydrogen-bond donors (Lipinski definition) is 0. The van der Waals surface area contributed by atoms with Crippen LogP contribution in [0.2, 0.25) is 0 Å². The summed E-state index contributed by atoms with van der Waals surface area (Å²) in [5.41, 5.74) is -0.352. The van der Waals surface area contributed by atoms with Gasteiger partial charge in [-0.25, -0.2) is 4.79 Å². The topological polar surface area (TPSA) is 26.3 Å². The fraction of sp³-hybridized carbons (Fsp3) is 0.800. The van der Waals surface area contributed by atoms with E-state index >= 15 is 0 Å². The lowest BCUT2D eigenvalue weighted by molar-refractivity contribution is -0.150.